The van der Waals surface area contributed by atoms with Crippen molar-refractivity contribution in [3.05, 3.63) is 65.7 Å². The molecule has 1 saturated heterocycles. The summed E-state index contributed by atoms with van der Waals surface area (Å²) >= 11 is 0. The van der Waals surface area contributed by atoms with Gasteiger partial charge in [-0.05, 0) is 30.2 Å². The number of nitrogens with zero attached hydrogens (tertiary/aromatic N) is 1. The molecule has 2 aromatic rings. The van der Waals surface area contributed by atoms with Crippen LogP contribution in [0.5, 0.6) is 5.75 Å². The number of imide groups is 2. The van der Waals surface area contributed by atoms with Crippen LogP contribution < -0.4 is 10.1 Å². The molecule has 1 aliphatic rings. The van der Waals surface area contributed by atoms with Crippen LogP contribution in [0.1, 0.15) is 18.1 Å². The molecule has 2 atom stereocenters. The molecule has 1 fully saturated rings. The van der Waals surface area contributed by atoms with Crippen LogP contribution in [-0.2, 0) is 27.5 Å². The van der Waals surface area contributed by atoms with Crippen LogP contribution in [0.4, 0.5) is 4.79 Å². The Morgan fingerprint density at radius 3 is 2.52 bits per heavy atom. The number of aliphatic hydroxyl groups is 1. The van der Waals surface area contributed by atoms with Gasteiger partial charge in [0.2, 0.25) is 11.8 Å². The van der Waals surface area contributed by atoms with Crippen molar-refractivity contribution in [3.63, 3.8) is 0 Å². The van der Waals surface area contributed by atoms with E-state index in [1.54, 1.807) is 24.3 Å². The number of urea groups is 1. The summed E-state index contributed by atoms with van der Waals surface area (Å²) in [5.41, 5.74) is 1.69. The first-order valence-corrected chi connectivity index (χ1v) is 9.15. The lowest BCUT2D eigenvalue weighted by atomic mass is 10.1. The van der Waals surface area contributed by atoms with E-state index in [1.165, 1.54) is 6.92 Å². The molecule has 0 saturated carbocycles. The van der Waals surface area contributed by atoms with Crippen LogP contribution in [0.2, 0.25) is 0 Å². The molecule has 2 unspecified atom stereocenters. The monoisotopic (exact) mass is 398 g/mol. The summed E-state index contributed by atoms with van der Waals surface area (Å²) in [5, 5.41) is 11.4. The van der Waals surface area contributed by atoms with Crippen molar-refractivity contribution in [2.45, 2.75) is 26.4 Å². The molecule has 2 N–H and O–H groups in total. The van der Waals surface area contributed by atoms with Crippen molar-refractivity contribution in [2.75, 3.05) is 6.61 Å². The smallest absolute Gasteiger partial charge is 0.331 e. The molecule has 2 aromatic carbocycles. The van der Waals surface area contributed by atoms with E-state index in [2.05, 4.69) is 5.32 Å². The Morgan fingerprint density at radius 2 is 1.79 bits per heavy atom. The van der Waals surface area contributed by atoms with E-state index in [9.17, 15) is 19.5 Å². The fraction of sp³-hybridized carbons (Fsp3) is 0.286. The van der Waals surface area contributed by atoms with Crippen LogP contribution in [0.15, 0.2) is 54.6 Å². The molecule has 8 nitrogen and oxygen atoms in total. The number of rotatable bonds is 8. The van der Waals surface area contributed by atoms with Crippen molar-refractivity contribution in [2.24, 2.45) is 5.92 Å². The zero-order chi connectivity index (χ0) is 20.8. The van der Waals surface area contributed by atoms with Crippen LogP contribution >= 0.6 is 0 Å². The molecule has 0 aromatic heterocycles. The number of amides is 4. The Kier molecular flexibility index (Phi) is 6.58. The van der Waals surface area contributed by atoms with Crippen molar-refractivity contribution in [1.82, 2.24) is 10.2 Å². The van der Waals surface area contributed by atoms with Gasteiger partial charge < -0.3 is 14.6 Å². The molecule has 4 amide bonds. The molecule has 0 spiro atoms. The number of aliphatic hydroxyl groups excluding tert-OH is 1. The van der Waals surface area contributed by atoms with Gasteiger partial charge in [-0.1, -0.05) is 42.5 Å². The maximum absolute atomic E-state index is 12.6. The molecule has 0 radical (unpaired) electrons. The minimum absolute atomic E-state index is 0.0222. The summed E-state index contributed by atoms with van der Waals surface area (Å²) < 4.78 is 10.7. The van der Waals surface area contributed by atoms with Crippen molar-refractivity contribution >= 4 is 17.8 Å². The SMILES string of the molecule is CC(O)OCC1C(=O)NC(=O)N(Cc2cccc(OCc3ccccc3)c2)C1=O. The lowest BCUT2D eigenvalue weighted by Crippen LogP contribution is -2.58. The van der Waals surface area contributed by atoms with Crippen LogP contribution in [0.3, 0.4) is 0 Å². The van der Waals surface area contributed by atoms with Gasteiger partial charge >= 0.3 is 6.03 Å². The second-order valence-corrected chi connectivity index (χ2v) is 6.63. The minimum atomic E-state index is -1.19. The number of carbonyl (C=O) groups is 3. The molecule has 1 heterocycles. The van der Waals surface area contributed by atoms with E-state index in [0.29, 0.717) is 17.9 Å². The predicted molar refractivity (Wildman–Crippen MR) is 102 cm³/mol. The Morgan fingerprint density at radius 1 is 1.07 bits per heavy atom. The average molecular weight is 398 g/mol. The molecule has 152 valence electrons. The first-order valence-electron chi connectivity index (χ1n) is 9.15. The minimum Gasteiger partial charge on any atom is -0.489 e. The summed E-state index contributed by atoms with van der Waals surface area (Å²) in [4.78, 5) is 37.7. The molecule has 29 heavy (non-hydrogen) atoms. The standard InChI is InChI=1S/C21H22N2O6/c1-14(24)28-13-18-19(25)22-21(27)23(20(18)26)11-16-8-5-9-17(10-16)29-12-15-6-3-2-4-7-15/h2-10,14,18,24H,11-13H2,1H3,(H,22,25,27). The molecular weight excluding hydrogens is 376 g/mol. The first-order chi connectivity index (χ1) is 13.9. The zero-order valence-corrected chi connectivity index (χ0v) is 15.9. The topological polar surface area (TPSA) is 105 Å². The molecule has 0 bridgehead atoms. The second-order valence-electron chi connectivity index (χ2n) is 6.63. The van der Waals surface area contributed by atoms with E-state index in [4.69, 9.17) is 9.47 Å². The molecule has 0 aliphatic carbocycles. The van der Waals surface area contributed by atoms with E-state index < -0.39 is 30.1 Å². The Balaban J connectivity index is 1.67. The van der Waals surface area contributed by atoms with E-state index in [-0.39, 0.29) is 13.2 Å². The highest BCUT2D eigenvalue weighted by Gasteiger charge is 2.40. The fourth-order valence-corrected chi connectivity index (χ4v) is 2.85. The highest BCUT2D eigenvalue weighted by atomic mass is 16.6. The number of barbiturate groups is 1. The van der Waals surface area contributed by atoms with Gasteiger partial charge in [-0.25, -0.2) is 4.79 Å². The third kappa shape index (κ3) is 5.40. The van der Waals surface area contributed by atoms with Crippen molar-refractivity contribution in [3.8, 4) is 5.75 Å². The van der Waals surface area contributed by atoms with Gasteiger partial charge in [0, 0.05) is 0 Å². The first kappa shape index (κ1) is 20.5. The summed E-state index contributed by atoms with van der Waals surface area (Å²) in [6.07, 6.45) is -1.12. The Labute approximate surface area is 168 Å². The van der Waals surface area contributed by atoms with E-state index in [1.807, 2.05) is 30.3 Å². The average Bonchev–Trinajstić information content (AvgIpc) is 2.70. The number of ether oxygens (including phenoxy) is 2. The summed E-state index contributed by atoms with van der Waals surface area (Å²) in [6.45, 7) is 1.42. The van der Waals surface area contributed by atoms with Gasteiger partial charge in [-0.2, -0.15) is 0 Å². The molecular formula is C21H22N2O6. The van der Waals surface area contributed by atoms with Gasteiger partial charge in [0.25, 0.3) is 0 Å². The van der Waals surface area contributed by atoms with E-state index in [0.717, 1.165) is 10.5 Å². The quantitative estimate of drug-likeness (QED) is 0.519. The number of hydrogen-bond donors (Lipinski definition) is 2. The van der Waals surface area contributed by atoms with E-state index >= 15 is 0 Å². The Hall–Kier alpha value is -3.23. The van der Waals surface area contributed by atoms with Gasteiger partial charge in [0.05, 0.1) is 13.2 Å². The third-order valence-corrected chi connectivity index (χ3v) is 4.35. The molecule has 8 heteroatoms. The van der Waals surface area contributed by atoms with Crippen LogP contribution in [-0.4, -0.2) is 40.7 Å². The zero-order valence-electron chi connectivity index (χ0n) is 15.9. The fourth-order valence-electron chi connectivity index (χ4n) is 2.85. The lowest BCUT2D eigenvalue weighted by Gasteiger charge is -2.30. The largest absolute Gasteiger partial charge is 0.489 e. The van der Waals surface area contributed by atoms with Crippen molar-refractivity contribution < 1.29 is 29.0 Å². The van der Waals surface area contributed by atoms with Crippen LogP contribution in [0.25, 0.3) is 0 Å². The van der Waals surface area contributed by atoms with Gasteiger partial charge in [-0.15, -0.1) is 0 Å². The number of carbonyl (C=O) groups excluding carboxylic acids is 3. The number of benzene rings is 2. The van der Waals surface area contributed by atoms with Gasteiger partial charge in [0.1, 0.15) is 18.3 Å². The predicted octanol–water partition coefficient (Wildman–Crippen LogP) is 1.82. The second kappa shape index (κ2) is 9.31. The maximum atomic E-state index is 12.6. The Bertz CT molecular complexity index is 884. The highest BCUT2D eigenvalue weighted by molar-refractivity contribution is 6.16. The molecule has 3 rings (SSSR count). The third-order valence-electron chi connectivity index (χ3n) is 4.35. The molecule has 1 aliphatic heterocycles. The lowest BCUT2D eigenvalue weighted by molar-refractivity contribution is -0.152. The summed E-state index contributed by atoms with van der Waals surface area (Å²) in [5.74, 6) is -2.01. The number of hydrogen-bond acceptors (Lipinski definition) is 6. The van der Waals surface area contributed by atoms with Gasteiger partial charge in [0.15, 0.2) is 6.29 Å². The highest BCUT2D eigenvalue weighted by Crippen LogP contribution is 2.19. The maximum Gasteiger partial charge on any atom is 0.331 e. The van der Waals surface area contributed by atoms with Crippen LogP contribution in [0, 0.1) is 5.92 Å². The summed E-state index contributed by atoms with van der Waals surface area (Å²) in [7, 11) is 0. The van der Waals surface area contributed by atoms with Gasteiger partial charge in [-0.3, -0.25) is 19.8 Å². The summed E-state index contributed by atoms with van der Waals surface area (Å²) in [6, 6.07) is 15.9. The van der Waals surface area contributed by atoms with Crippen molar-refractivity contribution in [1.29, 1.82) is 0 Å². The normalized spacial score (nSPS) is 17.8. The number of nitrogens with one attached hydrogen (secondary N) is 1.